The van der Waals surface area contributed by atoms with E-state index in [-0.39, 0.29) is 11.4 Å². The molecule has 21 heavy (non-hydrogen) atoms. The van der Waals surface area contributed by atoms with Crippen LogP contribution in [0.4, 0.5) is 4.39 Å². The fourth-order valence-corrected chi connectivity index (χ4v) is 2.68. The Bertz CT molecular complexity index is 892. The van der Waals surface area contributed by atoms with Crippen molar-refractivity contribution in [2.45, 2.75) is 4.90 Å². The Labute approximate surface area is 124 Å². The van der Waals surface area contributed by atoms with E-state index in [4.69, 9.17) is 0 Å². The number of nitrogens with zero attached hydrogens (tertiary/aromatic N) is 3. The van der Waals surface area contributed by atoms with E-state index in [2.05, 4.69) is 9.97 Å². The van der Waals surface area contributed by atoms with Crippen LogP contribution in [0.1, 0.15) is 0 Å². The molecular weight excluding hydrogens is 289 g/mol. The third-order valence-electron chi connectivity index (χ3n) is 3.30. The lowest BCUT2D eigenvalue weighted by molar-refractivity contribution is 0.630. The first-order valence-corrected chi connectivity index (χ1v) is 7.47. The molecule has 0 N–H and O–H groups in total. The molecule has 0 aliphatic rings. The summed E-state index contributed by atoms with van der Waals surface area (Å²) in [7, 11) is 1.63. The highest BCUT2D eigenvalue weighted by atomic mass is 32.2. The van der Waals surface area contributed by atoms with Crippen molar-refractivity contribution >= 4 is 22.7 Å². The van der Waals surface area contributed by atoms with E-state index in [1.54, 1.807) is 25.4 Å². The summed E-state index contributed by atoms with van der Waals surface area (Å²) in [5.74, 6) is -0.341. The number of aryl methyl sites for hydroxylation is 1. The number of rotatable bonds is 2. The second-order valence-corrected chi connectivity index (χ2v) is 5.47. The van der Waals surface area contributed by atoms with Gasteiger partial charge in [-0.2, -0.15) is 0 Å². The Kier molecular flexibility index (Phi) is 3.47. The monoisotopic (exact) mass is 301 g/mol. The van der Waals surface area contributed by atoms with Crippen LogP contribution < -0.4 is 5.56 Å². The lowest BCUT2D eigenvalue weighted by Gasteiger charge is -2.10. The molecule has 0 fully saturated rings. The number of pyridine rings is 1. The molecule has 0 saturated heterocycles. The van der Waals surface area contributed by atoms with E-state index < -0.39 is 0 Å². The quantitative estimate of drug-likeness (QED) is 0.683. The van der Waals surface area contributed by atoms with Gasteiger partial charge in [-0.3, -0.25) is 4.79 Å². The predicted molar refractivity (Wildman–Crippen MR) is 82.0 cm³/mol. The van der Waals surface area contributed by atoms with Crippen molar-refractivity contribution in [3.63, 3.8) is 0 Å². The summed E-state index contributed by atoms with van der Waals surface area (Å²) in [6.45, 7) is 0. The number of halogens is 1. The Morgan fingerprint density at radius 2 is 2.10 bits per heavy atom. The van der Waals surface area contributed by atoms with Crippen molar-refractivity contribution in [2.75, 3.05) is 6.26 Å². The third kappa shape index (κ3) is 2.31. The average Bonchev–Trinajstić information content (AvgIpc) is 2.52. The minimum atomic E-state index is -0.341. The minimum absolute atomic E-state index is 0.198. The second-order valence-electron chi connectivity index (χ2n) is 4.59. The van der Waals surface area contributed by atoms with E-state index in [0.717, 1.165) is 4.90 Å². The minimum Gasteiger partial charge on any atom is -0.317 e. The van der Waals surface area contributed by atoms with Gasteiger partial charge < -0.3 is 4.57 Å². The molecule has 4 nitrogen and oxygen atoms in total. The summed E-state index contributed by atoms with van der Waals surface area (Å²) >= 11 is 1.53. The van der Waals surface area contributed by atoms with Crippen LogP contribution >= 0.6 is 11.8 Å². The van der Waals surface area contributed by atoms with Crippen LogP contribution in [0.3, 0.4) is 0 Å². The van der Waals surface area contributed by atoms with Crippen LogP contribution in [0.5, 0.6) is 0 Å². The van der Waals surface area contributed by atoms with Gasteiger partial charge in [0.25, 0.3) is 5.56 Å². The van der Waals surface area contributed by atoms with Gasteiger partial charge in [-0.1, -0.05) is 0 Å². The van der Waals surface area contributed by atoms with Crippen LogP contribution in [0.2, 0.25) is 0 Å². The molecule has 3 rings (SSSR count). The smallest absolute Gasteiger partial charge is 0.261 e. The molecule has 3 aromatic rings. The van der Waals surface area contributed by atoms with E-state index >= 15 is 0 Å². The van der Waals surface area contributed by atoms with Gasteiger partial charge in [0.1, 0.15) is 12.1 Å². The number of benzene rings is 1. The van der Waals surface area contributed by atoms with E-state index in [1.165, 1.54) is 34.9 Å². The second kappa shape index (κ2) is 5.29. The average molecular weight is 301 g/mol. The molecule has 106 valence electrons. The van der Waals surface area contributed by atoms with Crippen LogP contribution in [0, 0.1) is 5.82 Å². The molecule has 0 unspecified atom stereocenters. The standard InChI is InChI=1S/C15H12FN3OS/c1-19-7-12(10-5-9(21-2)3-4-13(10)16)14-11(15(19)20)6-17-8-18-14/h3-8H,1-2H3. The number of thioether (sulfide) groups is 1. The summed E-state index contributed by atoms with van der Waals surface area (Å²) < 4.78 is 15.6. The fraction of sp³-hybridized carbons (Fsp3) is 0.133. The van der Waals surface area contributed by atoms with Crippen LogP contribution in [-0.4, -0.2) is 20.8 Å². The van der Waals surface area contributed by atoms with Gasteiger partial charge >= 0.3 is 0 Å². The molecule has 0 radical (unpaired) electrons. The Morgan fingerprint density at radius 1 is 1.29 bits per heavy atom. The number of hydrogen-bond acceptors (Lipinski definition) is 4. The van der Waals surface area contributed by atoms with Crippen molar-refractivity contribution < 1.29 is 4.39 Å². The molecule has 2 aromatic heterocycles. The summed E-state index contributed by atoms with van der Waals surface area (Å²) in [5.41, 5.74) is 1.28. The topological polar surface area (TPSA) is 47.8 Å². The van der Waals surface area contributed by atoms with Crippen molar-refractivity contribution in [2.24, 2.45) is 7.05 Å². The summed E-state index contributed by atoms with van der Waals surface area (Å²) in [4.78, 5) is 21.1. The van der Waals surface area contributed by atoms with E-state index in [0.29, 0.717) is 22.0 Å². The number of hydrogen-bond donors (Lipinski definition) is 0. The zero-order valence-electron chi connectivity index (χ0n) is 11.5. The Hall–Kier alpha value is -2.21. The highest BCUT2D eigenvalue weighted by molar-refractivity contribution is 7.98. The zero-order chi connectivity index (χ0) is 15.0. The van der Waals surface area contributed by atoms with Gasteiger partial charge in [-0.25, -0.2) is 14.4 Å². The largest absolute Gasteiger partial charge is 0.317 e. The van der Waals surface area contributed by atoms with Crippen LogP contribution in [0.15, 0.2) is 46.6 Å². The lowest BCUT2D eigenvalue weighted by Crippen LogP contribution is -2.17. The Morgan fingerprint density at radius 3 is 2.86 bits per heavy atom. The first-order valence-electron chi connectivity index (χ1n) is 6.25. The summed E-state index contributed by atoms with van der Waals surface area (Å²) in [6.07, 6.45) is 6.37. The van der Waals surface area contributed by atoms with Gasteiger partial charge in [0, 0.05) is 35.5 Å². The zero-order valence-corrected chi connectivity index (χ0v) is 12.3. The summed E-state index contributed by atoms with van der Waals surface area (Å²) in [6, 6.07) is 4.92. The molecule has 0 amide bonds. The number of fused-ring (bicyclic) bond motifs is 1. The van der Waals surface area contributed by atoms with Gasteiger partial charge in [0.2, 0.25) is 0 Å². The molecule has 2 heterocycles. The number of aromatic nitrogens is 3. The van der Waals surface area contributed by atoms with Crippen molar-refractivity contribution in [3.8, 4) is 11.1 Å². The lowest BCUT2D eigenvalue weighted by atomic mass is 10.0. The molecular formula is C15H12FN3OS. The molecule has 0 bridgehead atoms. The first kappa shape index (κ1) is 13.8. The maximum atomic E-state index is 14.2. The molecule has 1 aromatic carbocycles. The predicted octanol–water partition coefficient (Wildman–Crippen LogP) is 2.86. The molecule has 0 aliphatic heterocycles. The fourth-order valence-electron chi connectivity index (χ4n) is 2.24. The molecule has 0 spiro atoms. The van der Waals surface area contributed by atoms with Gasteiger partial charge in [-0.05, 0) is 24.5 Å². The van der Waals surface area contributed by atoms with Crippen molar-refractivity contribution in [3.05, 3.63) is 53.1 Å². The van der Waals surface area contributed by atoms with Crippen molar-refractivity contribution in [1.82, 2.24) is 14.5 Å². The van der Waals surface area contributed by atoms with E-state index in [1.807, 2.05) is 6.26 Å². The summed E-state index contributed by atoms with van der Waals surface area (Å²) in [5, 5.41) is 0.381. The molecule has 0 atom stereocenters. The first-order chi connectivity index (χ1) is 10.1. The Balaban J connectivity index is 2.41. The van der Waals surface area contributed by atoms with Crippen LogP contribution in [-0.2, 0) is 7.05 Å². The maximum Gasteiger partial charge on any atom is 0.261 e. The van der Waals surface area contributed by atoms with E-state index in [9.17, 15) is 9.18 Å². The maximum absolute atomic E-state index is 14.2. The molecule has 0 aliphatic carbocycles. The normalized spacial score (nSPS) is 11.0. The van der Waals surface area contributed by atoms with Crippen LogP contribution in [0.25, 0.3) is 22.0 Å². The highest BCUT2D eigenvalue weighted by Crippen LogP contribution is 2.30. The highest BCUT2D eigenvalue weighted by Gasteiger charge is 2.14. The van der Waals surface area contributed by atoms with Crippen molar-refractivity contribution in [1.29, 1.82) is 0 Å². The van der Waals surface area contributed by atoms with Gasteiger partial charge in [-0.15, -0.1) is 11.8 Å². The van der Waals surface area contributed by atoms with Gasteiger partial charge in [0.15, 0.2) is 0 Å². The molecule has 0 saturated carbocycles. The van der Waals surface area contributed by atoms with Gasteiger partial charge in [0.05, 0.1) is 10.9 Å². The molecule has 6 heteroatoms. The third-order valence-corrected chi connectivity index (χ3v) is 4.03. The SMILES string of the molecule is CSc1ccc(F)c(-c2cn(C)c(=O)c3cncnc23)c1.